The van der Waals surface area contributed by atoms with Gasteiger partial charge in [0.25, 0.3) is 0 Å². The molecule has 0 aromatic heterocycles. The summed E-state index contributed by atoms with van der Waals surface area (Å²) < 4.78 is 33.9. The van der Waals surface area contributed by atoms with Crippen LogP contribution in [0.1, 0.15) is 31.7 Å². The molecule has 1 heterocycles. The maximum atomic E-state index is 12.1. The van der Waals surface area contributed by atoms with Gasteiger partial charge in [-0.15, -0.1) is 0 Å². The summed E-state index contributed by atoms with van der Waals surface area (Å²) in [5.74, 6) is 0.208. The number of aryl methyl sites for hydroxylation is 1. The van der Waals surface area contributed by atoms with Crippen molar-refractivity contribution in [3.8, 4) is 5.75 Å². The lowest BCUT2D eigenvalue weighted by atomic mass is 10.0. The zero-order valence-electron chi connectivity index (χ0n) is 12.4. The third-order valence-electron chi connectivity index (χ3n) is 3.70. The van der Waals surface area contributed by atoms with Crippen LogP contribution >= 0.6 is 0 Å². The summed E-state index contributed by atoms with van der Waals surface area (Å²) in [4.78, 5) is 0. The molecule has 1 saturated heterocycles. The van der Waals surface area contributed by atoms with Gasteiger partial charge in [0, 0.05) is 18.7 Å². The molecule has 1 N–H and O–H groups in total. The Labute approximate surface area is 124 Å². The molecule has 2 unspecified atom stereocenters. The van der Waals surface area contributed by atoms with Crippen molar-refractivity contribution < 1.29 is 18.3 Å². The van der Waals surface area contributed by atoms with Crippen molar-refractivity contribution in [1.29, 1.82) is 0 Å². The van der Waals surface area contributed by atoms with Gasteiger partial charge in [-0.1, -0.05) is 12.1 Å². The zero-order chi connectivity index (χ0) is 15.1. The number of benzene rings is 1. The maximum Gasteiger partial charge on any atom is 0.387 e. The number of rotatable bonds is 7. The average Bonchev–Trinajstić information content (AvgIpc) is 2.47. The van der Waals surface area contributed by atoms with Crippen LogP contribution in [0.2, 0.25) is 0 Å². The van der Waals surface area contributed by atoms with Crippen LogP contribution in [0.4, 0.5) is 8.78 Å². The smallest absolute Gasteiger partial charge is 0.387 e. The first-order chi connectivity index (χ1) is 10.1. The predicted octanol–water partition coefficient (Wildman–Crippen LogP) is 3.38. The summed E-state index contributed by atoms with van der Waals surface area (Å²) in [5, 5.41) is 3.58. The van der Waals surface area contributed by atoms with Crippen LogP contribution in [0.3, 0.4) is 0 Å². The monoisotopic (exact) mass is 299 g/mol. The van der Waals surface area contributed by atoms with Gasteiger partial charge in [0.05, 0.1) is 6.61 Å². The minimum atomic E-state index is -2.77. The average molecular weight is 299 g/mol. The van der Waals surface area contributed by atoms with E-state index in [4.69, 9.17) is 4.74 Å². The Morgan fingerprint density at radius 3 is 2.71 bits per heavy atom. The van der Waals surface area contributed by atoms with Crippen LogP contribution < -0.4 is 10.1 Å². The summed E-state index contributed by atoms with van der Waals surface area (Å²) >= 11 is 0. The molecule has 118 valence electrons. The number of ether oxygens (including phenoxy) is 2. The third kappa shape index (κ3) is 5.98. The van der Waals surface area contributed by atoms with Crippen LogP contribution in [-0.2, 0) is 11.2 Å². The molecule has 0 bridgehead atoms. The van der Waals surface area contributed by atoms with E-state index in [0.29, 0.717) is 12.1 Å². The molecule has 0 aliphatic carbocycles. The molecule has 0 amide bonds. The van der Waals surface area contributed by atoms with Crippen molar-refractivity contribution in [2.24, 2.45) is 0 Å². The molecule has 1 aromatic carbocycles. The minimum Gasteiger partial charge on any atom is -0.435 e. The van der Waals surface area contributed by atoms with E-state index in [1.54, 1.807) is 12.1 Å². The lowest BCUT2D eigenvalue weighted by molar-refractivity contribution is -0.0498. The standard InChI is InChI=1S/C16H23F2NO2/c1-12(19-14-3-2-10-20-11-14)4-5-13-6-8-15(9-7-13)21-16(17)18/h6-9,12,14,16,19H,2-5,10-11H2,1H3. The molecular formula is C16H23F2NO2. The highest BCUT2D eigenvalue weighted by atomic mass is 19.3. The molecule has 21 heavy (non-hydrogen) atoms. The van der Waals surface area contributed by atoms with Crippen molar-refractivity contribution in [1.82, 2.24) is 5.32 Å². The largest absolute Gasteiger partial charge is 0.435 e. The lowest BCUT2D eigenvalue weighted by Gasteiger charge is -2.26. The molecular weight excluding hydrogens is 276 g/mol. The molecule has 2 rings (SSSR count). The van der Waals surface area contributed by atoms with Crippen molar-refractivity contribution in [3.63, 3.8) is 0 Å². The highest BCUT2D eigenvalue weighted by Crippen LogP contribution is 2.16. The zero-order valence-corrected chi connectivity index (χ0v) is 12.4. The molecule has 2 atom stereocenters. The molecule has 0 saturated carbocycles. The Morgan fingerprint density at radius 1 is 1.33 bits per heavy atom. The quantitative estimate of drug-likeness (QED) is 0.837. The minimum absolute atomic E-state index is 0.208. The lowest BCUT2D eigenvalue weighted by Crippen LogP contribution is -2.42. The highest BCUT2D eigenvalue weighted by Gasteiger charge is 2.15. The van der Waals surface area contributed by atoms with E-state index in [-0.39, 0.29) is 5.75 Å². The van der Waals surface area contributed by atoms with Gasteiger partial charge in [-0.2, -0.15) is 8.78 Å². The van der Waals surface area contributed by atoms with Gasteiger partial charge in [-0.25, -0.2) is 0 Å². The fourth-order valence-electron chi connectivity index (χ4n) is 2.58. The van der Waals surface area contributed by atoms with Crippen LogP contribution in [0.5, 0.6) is 5.75 Å². The van der Waals surface area contributed by atoms with Gasteiger partial charge in [-0.3, -0.25) is 0 Å². The molecule has 3 nitrogen and oxygen atoms in total. The van der Waals surface area contributed by atoms with Gasteiger partial charge in [0.2, 0.25) is 0 Å². The Hall–Kier alpha value is -1.20. The van der Waals surface area contributed by atoms with E-state index >= 15 is 0 Å². The molecule has 1 fully saturated rings. The predicted molar refractivity (Wildman–Crippen MR) is 77.8 cm³/mol. The van der Waals surface area contributed by atoms with E-state index in [2.05, 4.69) is 17.0 Å². The number of nitrogens with one attached hydrogen (secondary N) is 1. The van der Waals surface area contributed by atoms with Gasteiger partial charge in [-0.05, 0) is 50.3 Å². The van der Waals surface area contributed by atoms with Gasteiger partial charge in [0.15, 0.2) is 0 Å². The number of alkyl halides is 2. The highest BCUT2D eigenvalue weighted by molar-refractivity contribution is 5.27. The number of halogens is 2. The van der Waals surface area contributed by atoms with E-state index < -0.39 is 6.61 Å². The molecule has 1 aliphatic rings. The third-order valence-corrected chi connectivity index (χ3v) is 3.70. The number of hydrogen-bond donors (Lipinski definition) is 1. The number of hydrogen-bond acceptors (Lipinski definition) is 3. The summed E-state index contributed by atoms with van der Waals surface area (Å²) in [7, 11) is 0. The van der Waals surface area contributed by atoms with Crippen molar-refractivity contribution >= 4 is 0 Å². The van der Waals surface area contributed by atoms with Crippen molar-refractivity contribution in [2.75, 3.05) is 13.2 Å². The van der Waals surface area contributed by atoms with Gasteiger partial charge in [0.1, 0.15) is 5.75 Å². The van der Waals surface area contributed by atoms with Crippen LogP contribution in [-0.4, -0.2) is 31.9 Å². The van der Waals surface area contributed by atoms with Crippen LogP contribution in [0.15, 0.2) is 24.3 Å². The van der Waals surface area contributed by atoms with Crippen LogP contribution in [0, 0.1) is 0 Å². The normalized spacial score (nSPS) is 20.5. The van der Waals surface area contributed by atoms with E-state index in [0.717, 1.165) is 38.0 Å². The topological polar surface area (TPSA) is 30.5 Å². The Kier molecular flexibility index (Phi) is 6.39. The first kappa shape index (κ1) is 16.2. The molecule has 0 spiro atoms. The Balaban J connectivity index is 1.71. The molecule has 5 heteroatoms. The fourth-order valence-corrected chi connectivity index (χ4v) is 2.58. The molecule has 0 radical (unpaired) electrons. The van der Waals surface area contributed by atoms with Crippen LogP contribution in [0.25, 0.3) is 0 Å². The first-order valence-electron chi connectivity index (χ1n) is 7.51. The second-order valence-corrected chi connectivity index (χ2v) is 5.54. The summed E-state index contributed by atoms with van der Waals surface area (Å²) in [6.45, 7) is 1.07. The Bertz CT molecular complexity index is 405. The summed E-state index contributed by atoms with van der Waals surface area (Å²) in [6.07, 6.45) is 4.21. The second-order valence-electron chi connectivity index (χ2n) is 5.54. The van der Waals surface area contributed by atoms with E-state index in [1.165, 1.54) is 6.42 Å². The van der Waals surface area contributed by atoms with E-state index in [1.807, 2.05) is 12.1 Å². The van der Waals surface area contributed by atoms with E-state index in [9.17, 15) is 8.78 Å². The van der Waals surface area contributed by atoms with Gasteiger partial charge >= 0.3 is 6.61 Å². The Morgan fingerprint density at radius 2 is 2.10 bits per heavy atom. The fraction of sp³-hybridized carbons (Fsp3) is 0.625. The first-order valence-corrected chi connectivity index (χ1v) is 7.51. The maximum absolute atomic E-state index is 12.1. The summed E-state index contributed by atoms with van der Waals surface area (Å²) in [5.41, 5.74) is 1.13. The van der Waals surface area contributed by atoms with Crippen molar-refractivity contribution in [3.05, 3.63) is 29.8 Å². The van der Waals surface area contributed by atoms with Gasteiger partial charge < -0.3 is 14.8 Å². The SMILES string of the molecule is CC(CCc1ccc(OC(F)F)cc1)NC1CCCOC1. The second kappa shape index (κ2) is 8.29. The van der Waals surface area contributed by atoms with Crippen molar-refractivity contribution in [2.45, 2.75) is 51.3 Å². The summed E-state index contributed by atoms with van der Waals surface area (Å²) in [6, 6.07) is 7.73. The molecule has 1 aromatic rings. The molecule has 1 aliphatic heterocycles.